The van der Waals surface area contributed by atoms with Crippen LogP contribution in [0.25, 0.3) is 0 Å². The average Bonchev–Trinajstić information content (AvgIpc) is 2.00. The maximum absolute atomic E-state index is 10.6. The van der Waals surface area contributed by atoms with Gasteiger partial charge in [0, 0.05) is 7.11 Å². The summed E-state index contributed by atoms with van der Waals surface area (Å²) in [6.07, 6.45) is -0.684. The van der Waals surface area contributed by atoms with Crippen LogP contribution in [0.4, 0.5) is 0 Å². The zero-order chi connectivity index (χ0) is 8.91. The summed E-state index contributed by atoms with van der Waals surface area (Å²) >= 11 is 0. The van der Waals surface area contributed by atoms with Gasteiger partial charge in [0.25, 0.3) is 10.1 Å². The topological polar surface area (TPSA) is 61.8 Å². The monoisotopic (exact) mass is 184 g/mol. The zero-order valence-electron chi connectivity index (χ0n) is 6.73. The highest BCUT2D eigenvalue weighted by Gasteiger charge is 2.10. The van der Waals surface area contributed by atoms with Gasteiger partial charge in [0.15, 0.2) is 6.29 Å². The van der Waals surface area contributed by atoms with Crippen LogP contribution < -0.4 is 0 Å². The van der Waals surface area contributed by atoms with E-state index in [-0.39, 0.29) is 5.75 Å². The summed E-state index contributed by atoms with van der Waals surface area (Å²) in [5.74, 6) is -0.122. The molecule has 5 nitrogen and oxygen atoms in total. The number of hydrogen-bond donors (Lipinski definition) is 0. The highest BCUT2D eigenvalue weighted by molar-refractivity contribution is 7.86. The standard InChI is InChI=1S/C5H12O5S/c1-4-11(6,7)10-9-5(2)8-3/h5H,4H2,1-3H3. The van der Waals surface area contributed by atoms with E-state index in [1.54, 1.807) is 0 Å². The summed E-state index contributed by atoms with van der Waals surface area (Å²) in [4.78, 5) is 4.34. The zero-order valence-corrected chi connectivity index (χ0v) is 7.55. The first-order valence-electron chi connectivity index (χ1n) is 3.12. The Hall–Kier alpha value is -0.170. The van der Waals surface area contributed by atoms with Crippen LogP contribution in [0.15, 0.2) is 0 Å². The third-order valence-corrected chi connectivity index (χ3v) is 1.96. The second kappa shape index (κ2) is 4.66. The Labute approximate surface area is 66.3 Å². The lowest BCUT2D eigenvalue weighted by atomic mass is 10.8. The van der Waals surface area contributed by atoms with Crippen molar-refractivity contribution < 1.29 is 22.4 Å². The molecule has 0 amide bonds. The van der Waals surface area contributed by atoms with Crippen molar-refractivity contribution in [3.05, 3.63) is 0 Å². The molecule has 0 N–H and O–H groups in total. The van der Waals surface area contributed by atoms with Crippen LogP contribution in [0.1, 0.15) is 13.8 Å². The number of ether oxygens (including phenoxy) is 1. The van der Waals surface area contributed by atoms with Gasteiger partial charge in [-0.3, -0.25) is 0 Å². The quantitative estimate of drug-likeness (QED) is 0.349. The van der Waals surface area contributed by atoms with Crippen molar-refractivity contribution in [3.63, 3.8) is 0 Å². The first kappa shape index (κ1) is 10.8. The van der Waals surface area contributed by atoms with Crippen LogP contribution in [0, 0.1) is 0 Å². The Morgan fingerprint density at radius 2 is 2.00 bits per heavy atom. The molecule has 0 saturated heterocycles. The van der Waals surface area contributed by atoms with E-state index in [2.05, 4.69) is 14.0 Å². The normalized spacial score (nSPS) is 14.8. The molecule has 0 aromatic rings. The van der Waals surface area contributed by atoms with Gasteiger partial charge in [-0.2, -0.15) is 13.3 Å². The molecule has 0 aliphatic carbocycles. The minimum Gasteiger partial charge on any atom is -0.353 e. The van der Waals surface area contributed by atoms with Gasteiger partial charge in [0.05, 0.1) is 5.75 Å². The summed E-state index contributed by atoms with van der Waals surface area (Å²) in [5.41, 5.74) is 0. The lowest BCUT2D eigenvalue weighted by Gasteiger charge is -2.07. The molecule has 0 aliphatic rings. The molecule has 0 radical (unpaired) electrons. The summed E-state index contributed by atoms with van der Waals surface area (Å²) in [6, 6.07) is 0. The largest absolute Gasteiger partial charge is 0.353 e. The van der Waals surface area contributed by atoms with E-state index < -0.39 is 16.4 Å². The fraction of sp³-hybridized carbons (Fsp3) is 1.00. The van der Waals surface area contributed by atoms with Gasteiger partial charge in [-0.1, -0.05) is 0 Å². The number of methoxy groups -OCH3 is 1. The Kier molecular flexibility index (Phi) is 4.58. The van der Waals surface area contributed by atoms with E-state index in [4.69, 9.17) is 0 Å². The second-order valence-electron chi connectivity index (χ2n) is 1.81. The van der Waals surface area contributed by atoms with Gasteiger partial charge in [-0.25, -0.2) is 0 Å². The van der Waals surface area contributed by atoms with Crippen molar-refractivity contribution in [3.8, 4) is 0 Å². The first-order valence-corrected chi connectivity index (χ1v) is 4.70. The van der Waals surface area contributed by atoms with Crippen molar-refractivity contribution in [1.29, 1.82) is 0 Å². The molecule has 0 aliphatic heterocycles. The molecule has 0 spiro atoms. The number of rotatable bonds is 5. The SMILES string of the molecule is CCS(=O)(=O)OOC(C)OC. The van der Waals surface area contributed by atoms with Crippen LogP contribution in [-0.2, 0) is 24.1 Å². The summed E-state index contributed by atoms with van der Waals surface area (Å²) < 4.78 is 29.9. The summed E-state index contributed by atoms with van der Waals surface area (Å²) in [6.45, 7) is 2.97. The Morgan fingerprint density at radius 1 is 1.45 bits per heavy atom. The first-order chi connectivity index (χ1) is 5.02. The number of hydrogen-bond acceptors (Lipinski definition) is 5. The maximum atomic E-state index is 10.6. The van der Waals surface area contributed by atoms with E-state index in [0.29, 0.717) is 0 Å². The van der Waals surface area contributed by atoms with Gasteiger partial charge < -0.3 is 4.74 Å². The average molecular weight is 184 g/mol. The molecule has 0 heterocycles. The molecule has 0 saturated carbocycles. The van der Waals surface area contributed by atoms with E-state index in [1.165, 1.54) is 21.0 Å². The molecule has 6 heteroatoms. The van der Waals surface area contributed by atoms with Crippen molar-refractivity contribution in [1.82, 2.24) is 0 Å². The highest BCUT2D eigenvalue weighted by atomic mass is 32.2. The molecule has 1 unspecified atom stereocenters. The third kappa shape index (κ3) is 5.14. The van der Waals surface area contributed by atoms with E-state index in [1.807, 2.05) is 0 Å². The van der Waals surface area contributed by atoms with Crippen molar-refractivity contribution in [2.75, 3.05) is 12.9 Å². The van der Waals surface area contributed by atoms with Gasteiger partial charge in [0.2, 0.25) is 0 Å². The predicted octanol–water partition coefficient (Wildman–Crippen LogP) is 0.277. The highest BCUT2D eigenvalue weighted by Crippen LogP contribution is 1.98. The molecule has 0 aromatic heterocycles. The van der Waals surface area contributed by atoms with Gasteiger partial charge in [0.1, 0.15) is 0 Å². The minimum absolute atomic E-state index is 0.122. The minimum atomic E-state index is -3.53. The molecule has 11 heavy (non-hydrogen) atoms. The second-order valence-corrected chi connectivity index (χ2v) is 3.64. The molecule has 0 fully saturated rings. The Morgan fingerprint density at radius 3 is 2.36 bits per heavy atom. The van der Waals surface area contributed by atoms with Crippen molar-refractivity contribution in [2.45, 2.75) is 20.1 Å². The molecule has 0 bridgehead atoms. The van der Waals surface area contributed by atoms with Gasteiger partial charge in [-0.05, 0) is 13.8 Å². The fourth-order valence-corrected chi connectivity index (χ4v) is 0.529. The van der Waals surface area contributed by atoms with Crippen molar-refractivity contribution >= 4 is 10.1 Å². The van der Waals surface area contributed by atoms with Gasteiger partial charge in [-0.15, -0.1) is 4.33 Å². The maximum Gasteiger partial charge on any atom is 0.293 e. The lowest BCUT2D eigenvalue weighted by molar-refractivity contribution is -0.303. The molecule has 0 rings (SSSR count). The van der Waals surface area contributed by atoms with Crippen LogP contribution >= 0.6 is 0 Å². The van der Waals surface area contributed by atoms with Crippen LogP contribution in [0.5, 0.6) is 0 Å². The van der Waals surface area contributed by atoms with Crippen LogP contribution in [0.3, 0.4) is 0 Å². The molecule has 1 atom stereocenters. The summed E-state index contributed by atoms with van der Waals surface area (Å²) in [7, 11) is -2.15. The summed E-state index contributed by atoms with van der Waals surface area (Å²) in [5, 5.41) is 0. The smallest absolute Gasteiger partial charge is 0.293 e. The van der Waals surface area contributed by atoms with E-state index >= 15 is 0 Å². The molecular weight excluding hydrogens is 172 g/mol. The fourth-order valence-electron chi connectivity index (χ4n) is 0.203. The van der Waals surface area contributed by atoms with Crippen molar-refractivity contribution in [2.24, 2.45) is 0 Å². The van der Waals surface area contributed by atoms with E-state index in [0.717, 1.165) is 0 Å². The Bertz CT molecular complexity index is 185. The lowest BCUT2D eigenvalue weighted by Crippen LogP contribution is -2.16. The third-order valence-electron chi connectivity index (χ3n) is 0.964. The predicted molar refractivity (Wildman–Crippen MR) is 38.1 cm³/mol. The molecule has 68 valence electrons. The van der Waals surface area contributed by atoms with Gasteiger partial charge >= 0.3 is 0 Å². The Balaban J connectivity index is 3.71. The molecular formula is C5H12O5S. The van der Waals surface area contributed by atoms with E-state index in [9.17, 15) is 8.42 Å². The molecule has 0 aromatic carbocycles. The van der Waals surface area contributed by atoms with Crippen LogP contribution in [-0.4, -0.2) is 27.6 Å². The van der Waals surface area contributed by atoms with Crippen LogP contribution in [0.2, 0.25) is 0 Å².